The van der Waals surface area contributed by atoms with E-state index < -0.39 is 0 Å². The summed E-state index contributed by atoms with van der Waals surface area (Å²) >= 11 is 18.1. The van der Waals surface area contributed by atoms with Gasteiger partial charge in [0.1, 0.15) is 5.15 Å². The standard InChI is InChI=1S/C10H11Cl3N2.ClH/c11-6-5-15-10(13)9(12)8(6)7-3-1-2-4-14-7;/h5,7,14H,1-4H2;1H/t7-;/m0./s1. The summed E-state index contributed by atoms with van der Waals surface area (Å²) in [6, 6.07) is 0.208. The molecular formula is C10H12Cl4N2. The Balaban J connectivity index is 0.00000128. The van der Waals surface area contributed by atoms with Crippen LogP contribution < -0.4 is 5.32 Å². The van der Waals surface area contributed by atoms with Gasteiger partial charge in [0.2, 0.25) is 0 Å². The average molecular weight is 302 g/mol. The minimum Gasteiger partial charge on any atom is -0.310 e. The lowest BCUT2D eigenvalue weighted by atomic mass is 9.98. The fourth-order valence-electron chi connectivity index (χ4n) is 1.87. The average Bonchev–Trinajstić information content (AvgIpc) is 2.26. The highest BCUT2D eigenvalue weighted by Gasteiger charge is 2.22. The van der Waals surface area contributed by atoms with Crippen LogP contribution in [0.25, 0.3) is 0 Å². The molecule has 2 rings (SSSR count). The maximum atomic E-state index is 6.11. The molecule has 1 aromatic rings. The lowest BCUT2D eigenvalue weighted by molar-refractivity contribution is 0.412. The third-order valence-corrected chi connectivity index (χ3v) is 3.69. The Bertz CT molecular complexity index is 364. The number of pyridine rings is 1. The van der Waals surface area contributed by atoms with Gasteiger partial charge in [-0.1, -0.05) is 41.2 Å². The smallest absolute Gasteiger partial charge is 0.148 e. The van der Waals surface area contributed by atoms with E-state index in [0.717, 1.165) is 18.5 Å². The van der Waals surface area contributed by atoms with Gasteiger partial charge in [0.05, 0.1) is 10.0 Å². The highest BCUT2D eigenvalue weighted by atomic mass is 35.5. The van der Waals surface area contributed by atoms with Crippen molar-refractivity contribution in [2.45, 2.75) is 25.3 Å². The molecule has 1 N–H and O–H groups in total. The van der Waals surface area contributed by atoms with Crippen LogP contribution >= 0.6 is 47.2 Å². The van der Waals surface area contributed by atoms with Gasteiger partial charge in [-0.3, -0.25) is 0 Å². The van der Waals surface area contributed by atoms with Crippen molar-refractivity contribution in [1.82, 2.24) is 10.3 Å². The van der Waals surface area contributed by atoms with Gasteiger partial charge >= 0.3 is 0 Å². The number of hydrogen-bond donors (Lipinski definition) is 1. The fourth-order valence-corrected chi connectivity index (χ4v) is 2.63. The number of hydrogen-bond acceptors (Lipinski definition) is 2. The second kappa shape index (κ2) is 6.27. The molecule has 0 unspecified atom stereocenters. The molecule has 0 aliphatic carbocycles. The Labute approximate surface area is 116 Å². The topological polar surface area (TPSA) is 24.9 Å². The van der Waals surface area contributed by atoms with E-state index in [1.165, 1.54) is 12.8 Å². The molecule has 0 saturated carbocycles. The molecule has 1 aliphatic rings. The number of nitrogens with zero attached hydrogens (tertiary/aromatic N) is 1. The van der Waals surface area contributed by atoms with Crippen LogP contribution in [0.4, 0.5) is 0 Å². The largest absolute Gasteiger partial charge is 0.310 e. The third kappa shape index (κ3) is 2.93. The Kier molecular flexibility index (Phi) is 5.62. The molecule has 1 aliphatic heterocycles. The highest BCUT2D eigenvalue weighted by molar-refractivity contribution is 6.43. The molecule has 0 spiro atoms. The summed E-state index contributed by atoms with van der Waals surface area (Å²) in [6.45, 7) is 0.997. The molecule has 0 amide bonds. The second-order valence-corrected chi connectivity index (χ2v) is 4.77. The molecule has 0 radical (unpaired) electrons. The summed E-state index contributed by atoms with van der Waals surface area (Å²) in [4.78, 5) is 3.91. The van der Waals surface area contributed by atoms with Crippen molar-refractivity contribution in [3.8, 4) is 0 Å². The molecule has 1 aromatic heterocycles. The number of aromatic nitrogens is 1. The van der Waals surface area contributed by atoms with E-state index in [4.69, 9.17) is 34.8 Å². The molecule has 0 aromatic carbocycles. The SMILES string of the molecule is Cl.Clc1cnc(Cl)c(Cl)c1[C@@H]1CCCCN1. The van der Waals surface area contributed by atoms with Gasteiger partial charge in [0, 0.05) is 17.8 Å². The first-order chi connectivity index (χ1) is 7.20. The van der Waals surface area contributed by atoms with Crippen LogP contribution in [0.1, 0.15) is 30.9 Å². The van der Waals surface area contributed by atoms with Gasteiger partial charge in [-0.15, -0.1) is 12.4 Å². The lowest BCUT2D eigenvalue weighted by Gasteiger charge is -2.25. The Morgan fingerprint density at radius 1 is 1.25 bits per heavy atom. The van der Waals surface area contributed by atoms with Crippen LogP contribution in [0.2, 0.25) is 15.2 Å². The van der Waals surface area contributed by atoms with E-state index in [2.05, 4.69) is 10.3 Å². The van der Waals surface area contributed by atoms with Crippen molar-refractivity contribution in [2.75, 3.05) is 6.54 Å². The number of halogens is 4. The summed E-state index contributed by atoms with van der Waals surface area (Å²) in [5.74, 6) is 0. The zero-order chi connectivity index (χ0) is 10.8. The van der Waals surface area contributed by atoms with Crippen molar-refractivity contribution in [2.24, 2.45) is 0 Å². The first-order valence-corrected chi connectivity index (χ1v) is 6.06. The summed E-state index contributed by atoms with van der Waals surface area (Å²) in [7, 11) is 0. The minimum atomic E-state index is 0. The van der Waals surface area contributed by atoms with Crippen LogP contribution in [-0.4, -0.2) is 11.5 Å². The van der Waals surface area contributed by atoms with Gasteiger partial charge in [-0.05, 0) is 19.4 Å². The molecule has 90 valence electrons. The fraction of sp³-hybridized carbons (Fsp3) is 0.500. The van der Waals surface area contributed by atoms with Gasteiger partial charge in [0.25, 0.3) is 0 Å². The van der Waals surface area contributed by atoms with Crippen LogP contribution in [-0.2, 0) is 0 Å². The molecule has 1 fully saturated rings. The second-order valence-electron chi connectivity index (χ2n) is 3.63. The number of nitrogens with one attached hydrogen (secondary N) is 1. The van der Waals surface area contributed by atoms with Gasteiger partial charge < -0.3 is 5.32 Å². The molecule has 16 heavy (non-hydrogen) atoms. The normalized spacial score (nSPS) is 20.3. The van der Waals surface area contributed by atoms with Crippen LogP contribution in [0.3, 0.4) is 0 Å². The van der Waals surface area contributed by atoms with Gasteiger partial charge in [0.15, 0.2) is 0 Å². The van der Waals surface area contributed by atoms with E-state index in [9.17, 15) is 0 Å². The van der Waals surface area contributed by atoms with Crippen molar-refractivity contribution < 1.29 is 0 Å². The maximum Gasteiger partial charge on any atom is 0.148 e. The summed E-state index contributed by atoms with van der Waals surface area (Å²) in [5, 5.41) is 4.77. The van der Waals surface area contributed by atoms with Gasteiger partial charge in [-0.2, -0.15) is 0 Å². The van der Waals surface area contributed by atoms with E-state index in [1.807, 2.05) is 0 Å². The molecule has 1 atom stereocenters. The Morgan fingerprint density at radius 2 is 2.00 bits per heavy atom. The zero-order valence-electron chi connectivity index (χ0n) is 8.47. The monoisotopic (exact) mass is 300 g/mol. The van der Waals surface area contributed by atoms with Crippen molar-refractivity contribution in [3.05, 3.63) is 27.0 Å². The summed E-state index contributed by atoms with van der Waals surface area (Å²) < 4.78 is 0. The molecule has 6 heteroatoms. The van der Waals surface area contributed by atoms with Gasteiger partial charge in [-0.25, -0.2) is 4.98 Å². The summed E-state index contributed by atoms with van der Waals surface area (Å²) in [5.41, 5.74) is 0.887. The summed E-state index contributed by atoms with van der Waals surface area (Å²) in [6.07, 6.45) is 4.98. The van der Waals surface area contributed by atoms with Crippen LogP contribution in [0, 0.1) is 0 Å². The minimum absolute atomic E-state index is 0. The van der Waals surface area contributed by atoms with E-state index in [-0.39, 0.29) is 18.4 Å². The Morgan fingerprint density at radius 3 is 2.62 bits per heavy atom. The molecular weight excluding hydrogens is 290 g/mol. The highest BCUT2D eigenvalue weighted by Crippen LogP contribution is 2.36. The maximum absolute atomic E-state index is 6.11. The van der Waals surface area contributed by atoms with Crippen LogP contribution in [0.5, 0.6) is 0 Å². The van der Waals surface area contributed by atoms with Crippen LogP contribution in [0.15, 0.2) is 6.20 Å². The number of piperidine rings is 1. The molecule has 1 saturated heterocycles. The predicted octanol–water partition coefficient (Wildman–Crippen LogP) is 4.28. The quantitative estimate of drug-likeness (QED) is 0.783. The predicted molar refractivity (Wildman–Crippen MR) is 71.1 cm³/mol. The molecule has 2 nitrogen and oxygen atoms in total. The van der Waals surface area contributed by atoms with Crippen molar-refractivity contribution >= 4 is 47.2 Å². The lowest BCUT2D eigenvalue weighted by Crippen LogP contribution is -2.27. The zero-order valence-corrected chi connectivity index (χ0v) is 11.6. The molecule has 2 heterocycles. The first kappa shape index (κ1) is 14.3. The third-order valence-electron chi connectivity index (χ3n) is 2.62. The Hall–Kier alpha value is 0.270. The molecule has 0 bridgehead atoms. The first-order valence-electron chi connectivity index (χ1n) is 4.93. The van der Waals surface area contributed by atoms with E-state index in [0.29, 0.717) is 15.2 Å². The van der Waals surface area contributed by atoms with E-state index >= 15 is 0 Å². The van der Waals surface area contributed by atoms with E-state index in [1.54, 1.807) is 6.20 Å². The van der Waals surface area contributed by atoms with Crippen molar-refractivity contribution in [1.29, 1.82) is 0 Å². The van der Waals surface area contributed by atoms with Crippen molar-refractivity contribution in [3.63, 3.8) is 0 Å². The number of rotatable bonds is 1.